The second kappa shape index (κ2) is 4.77. The van der Waals surface area contributed by atoms with Gasteiger partial charge in [-0.15, -0.1) is 0 Å². The summed E-state index contributed by atoms with van der Waals surface area (Å²) in [6.45, 7) is 0. The molecule has 0 aromatic carbocycles. The van der Waals surface area contributed by atoms with Crippen LogP contribution in [0.1, 0.15) is 16.1 Å². The van der Waals surface area contributed by atoms with Gasteiger partial charge in [-0.2, -0.15) is 23.3 Å². The van der Waals surface area contributed by atoms with Gasteiger partial charge in [0.15, 0.2) is 11.5 Å². The lowest BCUT2D eigenvalue weighted by atomic mass is 10.3. The molecule has 0 saturated carbocycles. The largest absolute Gasteiger partial charge is 0.433 e. The summed E-state index contributed by atoms with van der Waals surface area (Å²) in [4.78, 5) is 17.8. The van der Waals surface area contributed by atoms with E-state index in [2.05, 4.69) is 15.1 Å². The van der Waals surface area contributed by atoms with E-state index in [4.69, 9.17) is 11.6 Å². The van der Waals surface area contributed by atoms with Crippen LogP contribution >= 0.6 is 0 Å². The number of hydrogen-bond acceptors (Lipinski definition) is 6. The fourth-order valence-corrected chi connectivity index (χ4v) is 1.34. The van der Waals surface area contributed by atoms with Crippen LogP contribution in [0.3, 0.4) is 0 Å². The predicted molar refractivity (Wildman–Crippen MR) is 60.5 cm³/mol. The Morgan fingerprint density at radius 1 is 1.35 bits per heavy atom. The monoisotopic (exact) mass is 287 g/mol. The average Bonchev–Trinajstić information content (AvgIpc) is 2.87. The van der Waals surface area contributed by atoms with Crippen molar-refractivity contribution < 1.29 is 18.0 Å². The van der Waals surface area contributed by atoms with Crippen molar-refractivity contribution in [3.63, 3.8) is 0 Å². The summed E-state index contributed by atoms with van der Waals surface area (Å²) < 4.78 is 39.0. The van der Waals surface area contributed by atoms with Crippen molar-refractivity contribution in [2.75, 3.05) is 5.43 Å². The topological polar surface area (TPSA) is 125 Å². The van der Waals surface area contributed by atoms with E-state index in [0.29, 0.717) is 6.07 Å². The zero-order chi connectivity index (χ0) is 14.9. The van der Waals surface area contributed by atoms with E-state index < -0.39 is 23.7 Å². The van der Waals surface area contributed by atoms with Crippen LogP contribution in [0, 0.1) is 0 Å². The summed E-state index contributed by atoms with van der Waals surface area (Å²) in [5, 5.41) is 3.70. The van der Waals surface area contributed by atoms with E-state index in [0.717, 1.165) is 17.1 Å². The van der Waals surface area contributed by atoms with Gasteiger partial charge in [-0.05, 0) is 0 Å². The highest BCUT2D eigenvalue weighted by atomic mass is 19.4. The molecular formula is C9H8F3N7O. The molecule has 0 aliphatic heterocycles. The molecule has 8 nitrogen and oxygen atoms in total. The number of alkyl halides is 3. The molecule has 106 valence electrons. The molecule has 2 rings (SSSR count). The van der Waals surface area contributed by atoms with Crippen LogP contribution in [-0.2, 0) is 6.18 Å². The molecule has 0 unspecified atom stereocenters. The Bertz CT molecular complexity index is 651. The summed E-state index contributed by atoms with van der Waals surface area (Å²) in [5.41, 5.74) is 5.77. The van der Waals surface area contributed by atoms with E-state index in [1.165, 1.54) is 0 Å². The average molecular weight is 287 g/mol. The Hall–Kier alpha value is -2.69. The van der Waals surface area contributed by atoms with Gasteiger partial charge < -0.3 is 5.73 Å². The minimum Gasteiger partial charge on any atom is -0.366 e. The van der Waals surface area contributed by atoms with Gasteiger partial charge in [0.25, 0.3) is 5.91 Å². The SMILES string of the molecule is NNc1nc(-n2cc(C(N)=O)cn2)cc(C(F)(F)F)n1. The summed E-state index contributed by atoms with van der Waals surface area (Å²) in [6.07, 6.45) is -2.43. The van der Waals surface area contributed by atoms with Crippen molar-refractivity contribution in [1.82, 2.24) is 19.7 Å². The molecule has 0 fully saturated rings. The molecule has 0 spiro atoms. The van der Waals surface area contributed by atoms with Gasteiger partial charge >= 0.3 is 6.18 Å². The van der Waals surface area contributed by atoms with Crippen LogP contribution in [0.25, 0.3) is 5.82 Å². The fraction of sp³-hybridized carbons (Fsp3) is 0.111. The number of hydrogen-bond donors (Lipinski definition) is 3. The number of anilines is 1. The maximum Gasteiger partial charge on any atom is 0.433 e. The van der Waals surface area contributed by atoms with Gasteiger partial charge in [-0.25, -0.2) is 15.5 Å². The predicted octanol–water partition coefficient (Wildman–Crippen LogP) is 0.0656. The number of nitrogen functional groups attached to an aromatic ring is 1. The molecule has 0 aliphatic carbocycles. The van der Waals surface area contributed by atoms with E-state index in [-0.39, 0.29) is 11.4 Å². The Balaban J connectivity index is 2.52. The first-order valence-corrected chi connectivity index (χ1v) is 5.09. The number of primary amides is 1. The van der Waals surface area contributed by atoms with E-state index in [1.54, 1.807) is 0 Å². The van der Waals surface area contributed by atoms with Crippen molar-refractivity contribution in [2.45, 2.75) is 6.18 Å². The van der Waals surface area contributed by atoms with E-state index in [1.807, 2.05) is 5.43 Å². The van der Waals surface area contributed by atoms with Crippen LogP contribution < -0.4 is 17.0 Å². The van der Waals surface area contributed by atoms with Crippen molar-refractivity contribution in [3.05, 3.63) is 29.7 Å². The number of aromatic nitrogens is 4. The molecule has 20 heavy (non-hydrogen) atoms. The van der Waals surface area contributed by atoms with Crippen molar-refractivity contribution in [3.8, 4) is 5.82 Å². The molecule has 2 heterocycles. The first-order chi connectivity index (χ1) is 9.31. The molecule has 5 N–H and O–H groups in total. The first-order valence-electron chi connectivity index (χ1n) is 5.09. The highest BCUT2D eigenvalue weighted by Gasteiger charge is 2.34. The molecule has 0 radical (unpaired) electrons. The van der Waals surface area contributed by atoms with Gasteiger partial charge in [0.1, 0.15) is 0 Å². The molecule has 0 atom stereocenters. The highest BCUT2D eigenvalue weighted by molar-refractivity contribution is 5.92. The highest BCUT2D eigenvalue weighted by Crippen LogP contribution is 2.29. The number of halogens is 3. The van der Waals surface area contributed by atoms with Gasteiger partial charge in [-0.1, -0.05) is 0 Å². The second-order valence-electron chi connectivity index (χ2n) is 3.61. The van der Waals surface area contributed by atoms with E-state index >= 15 is 0 Å². The van der Waals surface area contributed by atoms with Gasteiger partial charge in [-0.3, -0.25) is 10.2 Å². The Morgan fingerprint density at radius 2 is 2.05 bits per heavy atom. The number of rotatable bonds is 3. The van der Waals surface area contributed by atoms with Gasteiger partial charge in [0.2, 0.25) is 5.95 Å². The maximum absolute atomic E-state index is 12.7. The molecule has 0 aliphatic rings. The van der Waals surface area contributed by atoms with Crippen molar-refractivity contribution >= 4 is 11.9 Å². The third-order valence-electron chi connectivity index (χ3n) is 2.23. The number of nitrogens with two attached hydrogens (primary N) is 2. The summed E-state index contributed by atoms with van der Waals surface area (Å²) in [5.74, 6) is 3.60. The molecular weight excluding hydrogens is 279 g/mol. The zero-order valence-electron chi connectivity index (χ0n) is 9.72. The van der Waals surface area contributed by atoms with Crippen molar-refractivity contribution in [2.24, 2.45) is 11.6 Å². The number of carbonyl (C=O) groups is 1. The van der Waals surface area contributed by atoms with Crippen LogP contribution in [0.4, 0.5) is 19.1 Å². The minimum absolute atomic E-state index is 0.0272. The van der Waals surface area contributed by atoms with Crippen LogP contribution in [-0.4, -0.2) is 25.7 Å². The van der Waals surface area contributed by atoms with E-state index in [9.17, 15) is 18.0 Å². The standard InChI is InChI=1S/C9H8F3N7O/c10-9(11,12)5-1-6(17-8(16-5)18-14)19-3-4(2-15-19)7(13)20/h1-3H,14H2,(H2,13,20)(H,16,17,18). The number of amides is 1. The normalized spacial score (nSPS) is 11.4. The third-order valence-corrected chi connectivity index (χ3v) is 2.23. The Labute approximate surface area is 109 Å². The number of carbonyl (C=O) groups excluding carboxylic acids is 1. The lowest BCUT2D eigenvalue weighted by Crippen LogP contribution is -2.17. The quantitative estimate of drug-likeness (QED) is 0.541. The lowest BCUT2D eigenvalue weighted by Gasteiger charge is -2.09. The smallest absolute Gasteiger partial charge is 0.366 e. The minimum atomic E-state index is -4.68. The second-order valence-corrected chi connectivity index (χ2v) is 3.61. The lowest BCUT2D eigenvalue weighted by molar-refractivity contribution is -0.141. The third kappa shape index (κ3) is 2.66. The van der Waals surface area contributed by atoms with Crippen LogP contribution in [0.5, 0.6) is 0 Å². The number of nitrogens with one attached hydrogen (secondary N) is 1. The van der Waals surface area contributed by atoms with Gasteiger partial charge in [0, 0.05) is 12.3 Å². The summed E-state index contributed by atoms with van der Waals surface area (Å²) >= 11 is 0. The van der Waals surface area contributed by atoms with Crippen molar-refractivity contribution in [1.29, 1.82) is 0 Å². The molecule has 0 bridgehead atoms. The summed E-state index contributed by atoms with van der Waals surface area (Å²) in [6, 6.07) is 0.665. The van der Waals surface area contributed by atoms with Crippen LogP contribution in [0.2, 0.25) is 0 Å². The molecule has 11 heteroatoms. The molecule has 1 amide bonds. The summed E-state index contributed by atoms with van der Waals surface area (Å²) in [7, 11) is 0. The number of hydrazine groups is 1. The molecule has 2 aromatic heterocycles. The fourth-order valence-electron chi connectivity index (χ4n) is 1.34. The maximum atomic E-state index is 12.7. The molecule has 0 saturated heterocycles. The molecule has 2 aromatic rings. The zero-order valence-corrected chi connectivity index (χ0v) is 9.72. The van der Waals surface area contributed by atoms with Crippen LogP contribution in [0.15, 0.2) is 18.5 Å². The van der Waals surface area contributed by atoms with Gasteiger partial charge in [0.05, 0.1) is 11.8 Å². The Morgan fingerprint density at radius 3 is 2.55 bits per heavy atom. The Kier molecular flexibility index (Phi) is 3.28. The first kappa shape index (κ1) is 13.7. The number of nitrogens with zero attached hydrogens (tertiary/aromatic N) is 4.